The molecule has 8 nitrogen and oxygen atoms in total. The van der Waals surface area contributed by atoms with Crippen molar-refractivity contribution in [2.75, 3.05) is 30.3 Å². The number of amides is 1. The molecule has 0 spiro atoms. The molecule has 1 fully saturated rings. The molecule has 0 aromatic heterocycles. The molecule has 3 aromatic carbocycles. The van der Waals surface area contributed by atoms with Crippen LogP contribution < -0.4 is 16.0 Å². The van der Waals surface area contributed by atoms with Gasteiger partial charge in [-0.3, -0.25) is 19.8 Å². The third-order valence-electron chi connectivity index (χ3n) is 7.42. The lowest BCUT2D eigenvalue weighted by Crippen LogP contribution is -2.23. The van der Waals surface area contributed by atoms with E-state index < -0.39 is 4.92 Å². The van der Waals surface area contributed by atoms with Crippen molar-refractivity contribution in [1.82, 2.24) is 10.2 Å². The fraction of sp³-hybridized carbons (Fsp3) is 0.276. The van der Waals surface area contributed by atoms with Crippen LogP contribution in [-0.2, 0) is 24.3 Å². The fourth-order valence-electron chi connectivity index (χ4n) is 5.47. The predicted octanol–water partition coefficient (Wildman–Crippen LogP) is 4.77. The van der Waals surface area contributed by atoms with E-state index in [0.29, 0.717) is 22.5 Å². The molecule has 1 amide bonds. The number of nitrogens with zero attached hydrogens (tertiary/aromatic N) is 2. The average molecular weight is 496 g/mol. The Hall–Kier alpha value is -4.01. The van der Waals surface area contributed by atoms with E-state index in [1.807, 2.05) is 18.2 Å². The molecule has 37 heavy (non-hydrogen) atoms. The molecule has 8 heteroatoms. The van der Waals surface area contributed by atoms with E-state index in [4.69, 9.17) is 0 Å². The largest absolute Gasteiger partial charge is 0.354 e. The lowest BCUT2D eigenvalue weighted by atomic mass is 9.97. The summed E-state index contributed by atoms with van der Waals surface area (Å²) in [7, 11) is 0. The molecule has 3 N–H and O–H groups in total. The molecule has 3 heterocycles. The van der Waals surface area contributed by atoms with E-state index in [1.54, 1.807) is 6.07 Å². The summed E-state index contributed by atoms with van der Waals surface area (Å²) in [6.07, 6.45) is 3.43. The molecule has 3 aliphatic rings. The van der Waals surface area contributed by atoms with Crippen LogP contribution in [0.5, 0.6) is 0 Å². The quantitative estimate of drug-likeness (QED) is 0.259. The monoisotopic (exact) mass is 495 g/mol. The smallest absolute Gasteiger partial charge is 0.270 e. The number of likely N-dealkylation sites (tertiary alicyclic amines) is 1. The van der Waals surface area contributed by atoms with Gasteiger partial charge in [0, 0.05) is 42.2 Å². The van der Waals surface area contributed by atoms with Crippen LogP contribution in [0.1, 0.15) is 40.7 Å². The summed E-state index contributed by atoms with van der Waals surface area (Å²) in [5.74, 6) is -0.277. The number of nitrogens with one attached hydrogen (secondary N) is 3. The first kappa shape index (κ1) is 23.4. The van der Waals surface area contributed by atoms with Crippen LogP contribution in [0.4, 0.5) is 17.1 Å². The van der Waals surface area contributed by atoms with Crippen molar-refractivity contribution in [2.45, 2.75) is 32.4 Å². The van der Waals surface area contributed by atoms with Gasteiger partial charge in [0.25, 0.3) is 11.6 Å². The molecule has 0 aliphatic carbocycles. The third kappa shape index (κ3) is 4.73. The van der Waals surface area contributed by atoms with Crippen LogP contribution in [-0.4, -0.2) is 35.4 Å². The summed E-state index contributed by atoms with van der Waals surface area (Å²) in [4.78, 5) is 26.8. The highest BCUT2D eigenvalue weighted by molar-refractivity contribution is 6.37. The molecule has 0 atom stereocenters. The normalized spacial score (nSPS) is 18.2. The Morgan fingerprint density at radius 3 is 2.59 bits per heavy atom. The van der Waals surface area contributed by atoms with Gasteiger partial charge in [-0.2, -0.15) is 0 Å². The van der Waals surface area contributed by atoms with Crippen LogP contribution in [0.15, 0.2) is 60.7 Å². The molecule has 0 bridgehead atoms. The van der Waals surface area contributed by atoms with Crippen LogP contribution >= 0.6 is 0 Å². The van der Waals surface area contributed by atoms with Gasteiger partial charge >= 0.3 is 0 Å². The molecule has 6 rings (SSSR count). The van der Waals surface area contributed by atoms with Crippen molar-refractivity contribution in [3.8, 4) is 0 Å². The van der Waals surface area contributed by atoms with Crippen LogP contribution in [0.2, 0.25) is 0 Å². The van der Waals surface area contributed by atoms with Crippen molar-refractivity contribution in [2.24, 2.45) is 0 Å². The lowest BCUT2D eigenvalue weighted by molar-refractivity contribution is -0.384. The second-order valence-electron chi connectivity index (χ2n) is 9.91. The molecule has 188 valence electrons. The number of carbonyl (C=O) groups excluding carboxylic acids is 1. The van der Waals surface area contributed by atoms with Gasteiger partial charge in [-0.05, 0) is 79.3 Å². The standard InChI is InChI=1S/C29H29N5O3/c35-29-27(25-16-24(34(36)37)9-10-26(25)32-29)28(31-23-8-7-22-17-30-12-11-21(22)15-23)20-5-3-19(4-6-20)18-33-13-1-2-14-33/h3-10,15-16,30-31H,1-2,11-14,17-18H2,(H,32,35)/b28-27-. The summed E-state index contributed by atoms with van der Waals surface area (Å²) >= 11 is 0. The van der Waals surface area contributed by atoms with Crippen LogP contribution in [0.3, 0.4) is 0 Å². The number of carbonyl (C=O) groups is 1. The van der Waals surface area contributed by atoms with E-state index >= 15 is 0 Å². The highest BCUT2D eigenvalue weighted by atomic mass is 16.6. The number of rotatable bonds is 6. The Kier molecular flexibility index (Phi) is 6.20. The van der Waals surface area contributed by atoms with Crippen molar-refractivity contribution in [3.05, 3.63) is 98.6 Å². The van der Waals surface area contributed by atoms with E-state index in [-0.39, 0.29) is 11.6 Å². The number of anilines is 2. The predicted molar refractivity (Wildman–Crippen MR) is 145 cm³/mol. The number of fused-ring (bicyclic) bond motifs is 2. The second-order valence-corrected chi connectivity index (χ2v) is 9.91. The number of nitro groups is 1. The van der Waals surface area contributed by atoms with Gasteiger partial charge < -0.3 is 16.0 Å². The van der Waals surface area contributed by atoms with Crippen molar-refractivity contribution >= 4 is 34.2 Å². The van der Waals surface area contributed by atoms with Gasteiger partial charge in [-0.15, -0.1) is 0 Å². The molecule has 3 aliphatic heterocycles. The Bertz CT molecular complexity index is 1410. The molecular weight excluding hydrogens is 466 g/mol. The maximum atomic E-state index is 13.3. The third-order valence-corrected chi connectivity index (χ3v) is 7.42. The highest BCUT2D eigenvalue weighted by Gasteiger charge is 2.30. The minimum atomic E-state index is -0.432. The van der Waals surface area contributed by atoms with E-state index in [2.05, 4.69) is 45.1 Å². The van der Waals surface area contributed by atoms with E-state index in [1.165, 1.54) is 41.7 Å². The minimum Gasteiger partial charge on any atom is -0.354 e. The average Bonchev–Trinajstić information content (AvgIpc) is 3.54. The maximum Gasteiger partial charge on any atom is 0.270 e. The first-order chi connectivity index (χ1) is 18.0. The van der Waals surface area contributed by atoms with Crippen LogP contribution in [0.25, 0.3) is 11.3 Å². The molecule has 0 unspecified atom stereocenters. The number of nitro benzene ring substituents is 1. The molecule has 0 saturated carbocycles. The maximum absolute atomic E-state index is 13.3. The number of non-ortho nitro benzene ring substituents is 1. The van der Waals surface area contributed by atoms with Crippen LogP contribution in [0, 0.1) is 10.1 Å². The molecule has 1 saturated heterocycles. The number of benzene rings is 3. The van der Waals surface area contributed by atoms with E-state index in [9.17, 15) is 14.9 Å². The van der Waals surface area contributed by atoms with E-state index in [0.717, 1.165) is 50.4 Å². The summed E-state index contributed by atoms with van der Waals surface area (Å²) in [6, 6.07) is 19.0. The highest BCUT2D eigenvalue weighted by Crippen LogP contribution is 2.39. The lowest BCUT2D eigenvalue weighted by Gasteiger charge is -2.20. The van der Waals surface area contributed by atoms with Crippen molar-refractivity contribution in [1.29, 1.82) is 0 Å². The number of hydrogen-bond acceptors (Lipinski definition) is 6. The minimum absolute atomic E-state index is 0.0469. The SMILES string of the molecule is O=C1Nc2ccc([N+](=O)[O-])cc2/C1=C(/Nc1ccc2c(c1)CCNC2)c1ccc(CN2CCCC2)cc1. The zero-order valence-corrected chi connectivity index (χ0v) is 20.5. The van der Waals surface area contributed by atoms with Gasteiger partial charge in [-0.25, -0.2) is 0 Å². The Labute approximate surface area is 215 Å². The Morgan fingerprint density at radius 1 is 1.00 bits per heavy atom. The summed E-state index contributed by atoms with van der Waals surface area (Å²) in [5.41, 5.74) is 7.63. The van der Waals surface area contributed by atoms with Gasteiger partial charge in [0.1, 0.15) is 0 Å². The van der Waals surface area contributed by atoms with Gasteiger partial charge in [0.15, 0.2) is 0 Å². The van der Waals surface area contributed by atoms with Crippen molar-refractivity contribution in [3.63, 3.8) is 0 Å². The van der Waals surface area contributed by atoms with Crippen molar-refractivity contribution < 1.29 is 9.72 Å². The molecule has 3 aromatic rings. The van der Waals surface area contributed by atoms with Gasteiger partial charge in [-0.1, -0.05) is 30.3 Å². The van der Waals surface area contributed by atoms with Gasteiger partial charge in [0.05, 0.1) is 16.2 Å². The Morgan fingerprint density at radius 2 is 1.81 bits per heavy atom. The van der Waals surface area contributed by atoms with Gasteiger partial charge in [0.2, 0.25) is 0 Å². The fourth-order valence-corrected chi connectivity index (χ4v) is 5.47. The number of hydrogen-bond donors (Lipinski definition) is 3. The first-order valence-corrected chi connectivity index (χ1v) is 12.8. The second kappa shape index (κ2) is 9.80. The zero-order chi connectivity index (χ0) is 25.4. The summed E-state index contributed by atoms with van der Waals surface area (Å²) in [5, 5.41) is 21.3. The molecule has 0 radical (unpaired) electrons. The first-order valence-electron chi connectivity index (χ1n) is 12.8. The Balaban J connectivity index is 1.43. The zero-order valence-electron chi connectivity index (χ0n) is 20.5. The summed E-state index contributed by atoms with van der Waals surface area (Å²) in [6.45, 7) is 4.95. The summed E-state index contributed by atoms with van der Waals surface area (Å²) < 4.78 is 0. The topological polar surface area (TPSA) is 99.5 Å². The molecular formula is C29H29N5O3.